The molecule has 2 N–H and O–H groups in total. The summed E-state index contributed by atoms with van der Waals surface area (Å²) in [6.45, 7) is -0.0286. The first-order valence-electron chi connectivity index (χ1n) is 8.65. The largest absolute Gasteiger partial charge is 0.388 e. The van der Waals surface area contributed by atoms with Crippen molar-refractivity contribution >= 4 is 16.9 Å². The summed E-state index contributed by atoms with van der Waals surface area (Å²) in [5.41, 5.74) is 2.81. The summed E-state index contributed by atoms with van der Waals surface area (Å²) in [5.74, 6) is 0.973. The van der Waals surface area contributed by atoms with Crippen LogP contribution < -0.4 is 5.32 Å². The van der Waals surface area contributed by atoms with Gasteiger partial charge in [-0.3, -0.25) is 4.79 Å². The zero-order valence-corrected chi connectivity index (χ0v) is 13.9. The number of nitrogens with zero attached hydrogens (tertiary/aromatic N) is 2. The van der Waals surface area contributed by atoms with Crippen LogP contribution in [0.5, 0.6) is 0 Å². The predicted octanol–water partition coefficient (Wildman–Crippen LogP) is 2.80. The van der Waals surface area contributed by atoms with Crippen LogP contribution in [-0.4, -0.2) is 20.6 Å². The summed E-state index contributed by atoms with van der Waals surface area (Å²) in [6.07, 6.45) is 2.30. The van der Waals surface area contributed by atoms with Crippen molar-refractivity contribution in [2.45, 2.75) is 32.0 Å². The van der Waals surface area contributed by atoms with Crippen LogP contribution in [0.1, 0.15) is 30.3 Å². The zero-order valence-electron chi connectivity index (χ0n) is 13.9. The first kappa shape index (κ1) is 15.8. The highest BCUT2D eigenvalue weighted by Gasteiger charge is 2.33. The second-order valence-electron chi connectivity index (χ2n) is 6.55. The predicted molar refractivity (Wildman–Crippen MR) is 95.7 cm³/mol. The van der Waals surface area contributed by atoms with E-state index in [9.17, 15) is 9.90 Å². The third-order valence-corrected chi connectivity index (χ3v) is 4.75. The molecule has 1 fully saturated rings. The highest BCUT2D eigenvalue weighted by molar-refractivity contribution is 5.81. The number of hydrogen-bond donors (Lipinski definition) is 2. The van der Waals surface area contributed by atoms with E-state index in [2.05, 4.69) is 22.4 Å². The number of amides is 1. The smallest absolute Gasteiger partial charge is 0.240 e. The Hall–Kier alpha value is -2.66. The Balaban J connectivity index is 1.56. The topological polar surface area (TPSA) is 67.2 Å². The number of carbonyl (C=O) groups is 1. The van der Waals surface area contributed by atoms with Crippen molar-refractivity contribution in [3.63, 3.8) is 0 Å². The second kappa shape index (κ2) is 6.69. The van der Waals surface area contributed by atoms with Gasteiger partial charge in [-0.05, 0) is 36.5 Å². The van der Waals surface area contributed by atoms with E-state index in [1.807, 2.05) is 42.5 Å². The molecule has 0 aliphatic heterocycles. The maximum atomic E-state index is 12.7. The molecule has 5 nitrogen and oxygen atoms in total. The lowest BCUT2D eigenvalue weighted by Gasteiger charge is -2.19. The molecule has 25 heavy (non-hydrogen) atoms. The van der Waals surface area contributed by atoms with Crippen LogP contribution >= 0.6 is 0 Å². The van der Waals surface area contributed by atoms with E-state index < -0.39 is 0 Å². The van der Waals surface area contributed by atoms with E-state index in [0.717, 1.165) is 29.4 Å². The van der Waals surface area contributed by atoms with Crippen molar-refractivity contribution < 1.29 is 9.90 Å². The molecule has 0 saturated heterocycles. The van der Waals surface area contributed by atoms with Crippen molar-refractivity contribution in [2.75, 3.05) is 0 Å². The highest BCUT2D eigenvalue weighted by Crippen LogP contribution is 2.40. The van der Waals surface area contributed by atoms with Gasteiger partial charge in [-0.15, -0.1) is 0 Å². The number of nitrogens with one attached hydrogen (secondary N) is 1. The molecule has 1 saturated carbocycles. The number of rotatable bonds is 6. The van der Waals surface area contributed by atoms with E-state index in [1.54, 1.807) is 4.57 Å². The van der Waals surface area contributed by atoms with Crippen LogP contribution in [0.15, 0.2) is 54.6 Å². The van der Waals surface area contributed by atoms with E-state index in [4.69, 9.17) is 0 Å². The van der Waals surface area contributed by atoms with Crippen LogP contribution in [0.4, 0.5) is 0 Å². The molecule has 1 amide bonds. The van der Waals surface area contributed by atoms with E-state index >= 15 is 0 Å². The lowest BCUT2D eigenvalue weighted by atomic mass is 10.0. The van der Waals surface area contributed by atoms with Gasteiger partial charge in [0.25, 0.3) is 0 Å². The molecule has 0 bridgehead atoms. The molecule has 1 aliphatic rings. The van der Waals surface area contributed by atoms with Crippen molar-refractivity contribution in [1.29, 1.82) is 0 Å². The maximum Gasteiger partial charge on any atom is 0.240 e. The summed E-state index contributed by atoms with van der Waals surface area (Å²) in [7, 11) is 0. The molecule has 5 heteroatoms. The minimum atomic E-state index is -0.188. The Kier molecular flexibility index (Phi) is 4.24. The van der Waals surface area contributed by atoms with Gasteiger partial charge >= 0.3 is 0 Å². The molecule has 1 aromatic heterocycles. The first-order chi connectivity index (χ1) is 12.3. The van der Waals surface area contributed by atoms with Gasteiger partial charge in [-0.1, -0.05) is 42.5 Å². The van der Waals surface area contributed by atoms with E-state index in [0.29, 0.717) is 11.7 Å². The fraction of sp³-hybridized carbons (Fsp3) is 0.300. The van der Waals surface area contributed by atoms with Gasteiger partial charge in [-0.2, -0.15) is 0 Å². The molecule has 1 heterocycles. The summed E-state index contributed by atoms with van der Waals surface area (Å²) < 4.78 is 1.79. The standard InChI is InChI=1S/C20H21N3O2/c24-13-18-21-16-8-4-5-9-17(16)23(18)12-19(25)22-20(15-10-11-15)14-6-2-1-3-7-14/h1-9,15,20,24H,10-13H2,(H,22,25). The summed E-state index contributed by atoms with van der Waals surface area (Å²) >= 11 is 0. The lowest BCUT2D eigenvalue weighted by molar-refractivity contribution is -0.122. The summed E-state index contributed by atoms with van der Waals surface area (Å²) in [4.78, 5) is 17.1. The van der Waals surface area contributed by atoms with Crippen LogP contribution in [0.3, 0.4) is 0 Å². The maximum absolute atomic E-state index is 12.7. The first-order valence-corrected chi connectivity index (χ1v) is 8.65. The molecule has 0 spiro atoms. The Morgan fingerprint density at radius 3 is 2.60 bits per heavy atom. The number of aliphatic hydroxyl groups excluding tert-OH is 1. The average Bonchev–Trinajstić information content (AvgIpc) is 3.43. The number of hydrogen-bond acceptors (Lipinski definition) is 3. The number of aliphatic hydroxyl groups is 1. The van der Waals surface area contributed by atoms with Gasteiger partial charge in [0.15, 0.2) is 0 Å². The Morgan fingerprint density at radius 1 is 1.16 bits per heavy atom. The third-order valence-electron chi connectivity index (χ3n) is 4.75. The van der Waals surface area contributed by atoms with E-state index in [-0.39, 0.29) is 25.1 Å². The molecular weight excluding hydrogens is 314 g/mol. The highest BCUT2D eigenvalue weighted by atomic mass is 16.3. The van der Waals surface area contributed by atoms with Crippen LogP contribution in [-0.2, 0) is 17.9 Å². The van der Waals surface area contributed by atoms with E-state index in [1.165, 1.54) is 0 Å². The van der Waals surface area contributed by atoms with Crippen molar-refractivity contribution in [3.05, 3.63) is 66.0 Å². The monoisotopic (exact) mass is 335 g/mol. The van der Waals surface area contributed by atoms with Gasteiger partial charge in [0.1, 0.15) is 19.0 Å². The Labute approximate surface area is 146 Å². The van der Waals surface area contributed by atoms with Gasteiger partial charge in [-0.25, -0.2) is 4.98 Å². The fourth-order valence-corrected chi connectivity index (χ4v) is 3.35. The van der Waals surface area contributed by atoms with Gasteiger partial charge in [0, 0.05) is 0 Å². The number of fused-ring (bicyclic) bond motifs is 1. The normalized spacial score (nSPS) is 15.2. The Morgan fingerprint density at radius 2 is 1.88 bits per heavy atom. The quantitative estimate of drug-likeness (QED) is 0.728. The van der Waals surface area contributed by atoms with Crippen LogP contribution in [0.2, 0.25) is 0 Å². The molecule has 4 rings (SSSR count). The number of carbonyl (C=O) groups excluding carboxylic acids is 1. The molecule has 3 aromatic rings. The lowest BCUT2D eigenvalue weighted by Crippen LogP contribution is -2.33. The molecule has 2 aromatic carbocycles. The molecule has 128 valence electrons. The molecule has 1 unspecified atom stereocenters. The fourth-order valence-electron chi connectivity index (χ4n) is 3.35. The molecular formula is C20H21N3O2. The minimum Gasteiger partial charge on any atom is -0.388 e. The number of benzene rings is 2. The number of aromatic nitrogens is 2. The molecule has 1 aliphatic carbocycles. The molecule has 0 radical (unpaired) electrons. The average molecular weight is 335 g/mol. The molecule has 1 atom stereocenters. The second-order valence-corrected chi connectivity index (χ2v) is 6.55. The van der Waals surface area contributed by atoms with Crippen LogP contribution in [0, 0.1) is 5.92 Å². The summed E-state index contributed by atoms with van der Waals surface area (Å²) in [6, 6.07) is 17.8. The number of para-hydroxylation sites is 2. The minimum absolute atomic E-state index is 0.0565. The SMILES string of the molecule is O=C(Cn1c(CO)nc2ccccc21)NC(c1ccccc1)C1CC1. The van der Waals surface area contributed by atoms with Gasteiger partial charge < -0.3 is 15.0 Å². The van der Waals surface area contributed by atoms with Crippen molar-refractivity contribution in [1.82, 2.24) is 14.9 Å². The third kappa shape index (κ3) is 3.28. The number of imidazole rings is 1. The van der Waals surface area contributed by atoms with Crippen molar-refractivity contribution in [2.24, 2.45) is 5.92 Å². The zero-order chi connectivity index (χ0) is 17.2. The van der Waals surface area contributed by atoms with Gasteiger partial charge in [0.05, 0.1) is 17.1 Å². The van der Waals surface area contributed by atoms with Crippen molar-refractivity contribution in [3.8, 4) is 0 Å². The van der Waals surface area contributed by atoms with Crippen LogP contribution in [0.25, 0.3) is 11.0 Å². The Bertz CT molecular complexity index is 884. The van der Waals surface area contributed by atoms with Gasteiger partial charge in [0.2, 0.25) is 5.91 Å². The summed E-state index contributed by atoms with van der Waals surface area (Å²) in [5, 5.41) is 12.8.